The van der Waals surface area contributed by atoms with Gasteiger partial charge in [-0.25, -0.2) is 9.18 Å². The SMILES string of the molecule is COC(=O)c1c(C)ccc(/C=C/c2ccc([N+](=O)[O-])cc2)c1F. The number of aryl methyl sites for hydroxylation is 1. The Morgan fingerprint density at radius 1 is 1.17 bits per heavy atom. The van der Waals surface area contributed by atoms with Gasteiger partial charge in [0.2, 0.25) is 0 Å². The summed E-state index contributed by atoms with van der Waals surface area (Å²) in [6, 6.07) is 9.03. The van der Waals surface area contributed by atoms with Gasteiger partial charge in [-0.1, -0.05) is 24.3 Å². The van der Waals surface area contributed by atoms with Crippen LogP contribution in [0.2, 0.25) is 0 Å². The molecular weight excluding hydrogens is 301 g/mol. The van der Waals surface area contributed by atoms with Crippen LogP contribution in [-0.4, -0.2) is 18.0 Å². The zero-order valence-corrected chi connectivity index (χ0v) is 12.6. The van der Waals surface area contributed by atoms with Gasteiger partial charge < -0.3 is 4.74 Å². The third-order valence-corrected chi connectivity index (χ3v) is 3.33. The average molecular weight is 315 g/mol. The minimum absolute atomic E-state index is 0.0170. The highest BCUT2D eigenvalue weighted by Gasteiger charge is 2.17. The molecule has 0 fully saturated rings. The van der Waals surface area contributed by atoms with Crippen molar-refractivity contribution >= 4 is 23.8 Å². The second-order valence-electron chi connectivity index (χ2n) is 4.83. The predicted molar refractivity (Wildman–Crippen MR) is 84.5 cm³/mol. The molecule has 0 unspecified atom stereocenters. The van der Waals surface area contributed by atoms with Crippen LogP contribution in [0.4, 0.5) is 10.1 Å². The highest BCUT2D eigenvalue weighted by Crippen LogP contribution is 2.21. The van der Waals surface area contributed by atoms with Crippen LogP contribution in [0.15, 0.2) is 36.4 Å². The standard InChI is InChI=1S/C17H14FNO4/c1-11-3-7-13(16(18)15(11)17(20)23-2)8-4-12-5-9-14(10-6-12)19(21)22/h3-10H,1-2H3/b8-4+. The number of halogens is 1. The first-order valence-corrected chi connectivity index (χ1v) is 6.74. The first kappa shape index (κ1) is 16.4. The third kappa shape index (κ3) is 3.60. The first-order valence-electron chi connectivity index (χ1n) is 6.74. The maximum atomic E-state index is 14.4. The number of nitro groups is 1. The Labute approximate surface area is 132 Å². The number of methoxy groups -OCH3 is 1. The number of rotatable bonds is 4. The Hall–Kier alpha value is -3.02. The van der Waals surface area contributed by atoms with Crippen LogP contribution < -0.4 is 0 Å². The van der Waals surface area contributed by atoms with Crippen molar-refractivity contribution in [3.63, 3.8) is 0 Å². The maximum Gasteiger partial charge on any atom is 0.341 e. The highest BCUT2D eigenvalue weighted by molar-refractivity contribution is 5.92. The second-order valence-corrected chi connectivity index (χ2v) is 4.83. The Balaban J connectivity index is 2.32. The van der Waals surface area contributed by atoms with Crippen LogP contribution in [-0.2, 0) is 4.74 Å². The molecule has 0 bridgehead atoms. The number of carbonyl (C=O) groups excluding carboxylic acids is 1. The maximum absolute atomic E-state index is 14.4. The molecule has 0 amide bonds. The molecule has 6 heteroatoms. The Bertz CT molecular complexity index is 782. The molecule has 0 radical (unpaired) electrons. The fourth-order valence-electron chi connectivity index (χ4n) is 2.06. The Kier molecular flexibility index (Phi) is 4.85. The normalized spacial score (nSPS) is 10.7. The molecule has 0 saturated carbocycles. The van der Waals surface area contributed by atoms with Crippen LogP contribution in [0.3, 0.4) is 0 Å². The molecule has 23 heavy (non-hydrogen) atoms. The molecule has 0 aliphatic heterocycles. The molecule has 0 aromatic heterocycles. The lowest BCUT2D eigenvalue weighted by Gasteiger charge is -2.07. The van der Waals surface area contributed by atoms with Crippen molar-refractivity contribution in [3.8, 4) is 0 Å². The molecule has 0 spiro atoms. The van der Waals surface area contributed by atoms with E-state index in [1.54, 1.807) is 37.3 Å². The average Bonchev–Trinajstić information content (AvgIpc) is 2.54. The number of non-ortho nitro benzene ring substituents is 1. The monoisotopic (exact) mass is 315 g/mol. The number of nitrogens with zero attached hydrogens (tertiary/aromatic N) is 1. The third-order valence-electron chi connectivity index (χ3n) is 3.33. The van der Waals surface area contributed by atoms with Gasteiger partial charge in [0, 0.05) is 17.7 Å². The largest absolute Gasteiger partial charge is 0.465 e. The number of nitro benzene ring substituents is 1. The summed E-state index contributed by atoms with van der Waals surface area (Å²) < 4.78 is 19.0. The molecule has 2 aromatic carbocycles. The van der Waals surface area contributed by atoms with E-state index in [1.807, 2.05) is 0 Å². The minimum Gasteiger partial charge on any atom is -0.465 e. The molecule has 0 aliphatic carbocycles. The number of hydrogen-bond donors (Lipinski definition) is 0. The first-order chi connectivity index (χ1) is 10.9. The molecule has 0 aliphatic rings. The van der Waals surface area contributed by atoms with E-state index in [4.69, 9.17) is 0 Å². The molecule has 2 aromatic rings. The highest BCUT2D eigenvalue weighted by atomic mass is 19.1. The molecule has 0 saturated heterocycles. The van der Waals surface area contributed by atoms with Gasteiger partial charge in [0.15, 0.2) is 0 Å². The summed E-state index contributed by atoms with van der Waals surface area (Å²) in [4.78, 5) is 21.7. The zero-order chi connectivity index (χ0) is 17.0. The number of carbonyl (C=O) groups is 1. The van der Waals surface area contributed by atoms with Crippen LogP contribution in [0.1, 0.15) is 27.0 Å². The zero-order valence-electron chi connectivity index (χ0n) is 12.6. The second kappa shape index (κ2) is 6.83. The summed E-state index contributed by atoms with van der Waals surface area (Å²) in [7, 11) is 1.20. The van der Waals surface area contributed by atoms with Gasteiger partial charge in [0.05, 0.1) is 17.6 Å². The number of ether oxygens (including phenoxy) is 1. The van der Waals surface area contributed by atoms with Crippen molar-refractivity contribution in [2.75, 3.05) is 7.11 Å². The van der Waals surface area contributed by atoms with E-state index in [0.29, 0.717) is 11.1 Å². The molecule has 118 valence electrons. The van der Waals surface area contributed by atoms with E-state index in [1.165, 1.54) is 25.3 Å². The summed E-state index contributed by atoms with van der Waals surface area (Å²) in [6.07, 6.45) is 3.11. The minimum atomic E-state index is -0.731. The van der Waals surface area contributed by atoms with Crippen molar-refractivity contribution in [3.05, 3.63) is 74.6 Å². The van der Waals surface area contributed by atoms with Crippen molar-refractivity contribution in [1.29, 1.82) is 0 Å². The van der Waals surface area contributed by atoms with Gasteiger partial charge in [0.25, 0.3) is 5.69 Å². The fraction of sp³-hybridized carbons (Fsp3) is 0.118. The van der Waals surface area contributed by atoms with Crippen molar-refractivity contribution < 1.29 is 18.8 Å². The lowest BCUT2D eigenvalue weighted by Crippen LogP contribution is -2.08. The summed E-state index contributed by atoms with van der Waals surface area (Å²) in [5.41, 5.74) is 1.28. The van der Waals surface area contributed by atoms with E-state index in [-0.39, 0.29) is 16.8 Å². The van der Waals surface area contributed by atoms with Crippen LogP contribution in [0, 0.1) is 22.9 Å². The van der Waals surface area contributed by atoms with Gasteiger partial charge in [-0.2, -0.15) is 0 Å². The van der Waals surface area contributed by atoms with Gasteiger partial charge in [0.1, 0.15) is 5.82 Å². The molecule has 0 N–H and O–H groups in total. The lowest BCUT2D eigenvalue weighted by atomic mass is 10.0. The van der Waals surface area contributed by atoms with Crippen molar-refractivity contribution in [2.45, 2.75) is 6.92 Å². The summed E-state index contributed by atoms with van der Waals surface area (Å²) in [5, 5.41) is 10.6. The Morgan fingerprint density at radius 3 is 2.39 bits per heavy atom. The van der Waals surface area contributed by atoms with Crippen molar-refractivity contribution in [1.82, 2.24) is 0 Å². The van der Waals surface area contributed by atoms with E-state index in [0.717, 1.165) is 0 Å². The van der Waals surface area contributed by atoms with Crippen molar-refractivity contribution in [2.24, 2.45) is 0 Å². The summed E-state index contributed by atoms with van der Waals surface area (Å²) in [5.74, 6) is -1.39. The Morgan fingerprint density at radius 2 is 1.83 bits per heavy atom. The topological polar surface area (TPSA) is 69.4 Å². The van der Waals surface area contributed by atoms with Crippen LogP contribution in [0.25, 0.3) is 12.2 Å². The number of benzene rings is 2. The van der Waals surface area contributed by atoms with Crippen LogP contribution in [0.5, 0.6) is 0 Å². The van der Waals surface area contributed by atoms with E-state index in [2.05, 4.69) is 4.74 Å². The fourth-order valence-corrected chi connectivity index (χ4v) is 2.06. The quantitative estimate of drug-likeness (QED) is 0.370. The lowest BCUT2D eigenvalue weighted by molar-refractivity contribution is -0.384. The van der Waals surface area contributed by atoms with E-state index >= 15 is 0 Å². The van der Waals surface area contributed by atoms with E-state index in [9.17, 15) is 19.3 Å². The number of hydrogen-bond acceptors (Lipinski definition) is 4. The molecule has 0 atom stereocenters. The van der Waals surface area contributed by atoms with Gasteiger partial charge in [-0.15, -0.1) is 0 Å². The van der Waals surface area contributed by atoms with Gasteiger partial charge >= 0.3 is 5.97 Å². The molecule has 0 heterocycles. The van der Waals surface area contributed by atoms with E-state index < -0.39 is 16.7 Å². The molecular formula is C17H14FNO4. The predicted octanol–water partition coefficient (Wildman–Crippen LogP) is 4.00. The van der Waals surface area contributed by atoms with Gasteiger partial charge in [-0.05, 0) is 30.2 Å². The summed E-state index contributed by atoms with van der Waals surface area (Å²) >= 11 is 0. The van der Waals surface area contributed by atoms with Crippen LogP contribution >= 0.6 is 0 Å². The molecule has 5 nitrogen and oxygen atoms in total. The van der Waals surface area contributed by atoms with Gasteiger partial charge in [-0.3, -0.25) is 10.1 Å². The summed E-state index contributed by atoms with van der Waals surface area (Å²) in [6.45, 7) is 1.62. The molecule has 2 rings (SSSR count). The number of esters is 1. The smallest absolute Gasteiger partial charge is 0.341 e.